The first-order valence-electron chi connectivity index (χ1n) is 9.99. The maximum Gasteiger partial charge on any atom is 0.274 e. The van der Waals surface area contributed by atoms with Gasteiger partial charge in [-0.25, -0.2) is 8.42 Å². The van der Waals surface area contributed by atoms with Crippen molar-refractivity contribution >= 4 is 15.7 Å². The highest BCUT2D eigenvalue weighted by molar-refractivity contribution is 7.91. The third-order valence-corrected chi connectivity index (χ3v) is 7.68. The molecule has 3 heterocycles. The first-order chi connectivity index (χ1) is 13.3. The summed E-state index contributed by atoms with van der Waals surface area (Å²) < 4.78 is 25.8. The second-order valence-electron chi connectivity index (χ2n) is 8.26. The zero-order valence-corrected chi connectivity index (χ0v) is 17.3. The van der Waals surface area contributed by atoms with Gasteiger partial charge in [0.2, 0.25) is 0 Å². The summed E-state index contributed by atoms with van der Waals surface area (Å²) in [4.78, 5) is 14.9. The molecule has 28 heavy (non-hydrogen) atoms. The zero-order valence-electron chi connectivity index (χ0n) is 16.5. The Labute approximate surface area is 166 Å². The molecular formula is C21H27N3O3S. The fourth-order valence-electron chi connectivity index (χ4n) is 4.06. The second kappa shape index (κ2) is 7.35. The van der Waals surface area contributed by atoms with Gasteiger partial charge in [0.25, 0.3) is 5.91 Å². The van der Waals surface area contributed by atoms with Crippen molar-refractivity contribution < 1.29 is 13.2 Å². The molecule has 1 aromatic carbocycles. The Morgan fingerprint density at radius 3 is 2.39 bits per heavy atom. The van der Waals surface area contributed by atoms with Gasteiger partial charge < -0.3 is 4.90 Å². The monoisotopic (exact) mass is 401 g/mol. The standard InChI is InChI=1S/C21H27N3O3S/c1-15-3-5-17(6-4-15)20-13-19(21(25)23-10-7-16(2)8-11-23)22-24(20)18-9-12-28(26,27)14-18/h3-6,13,16,18H,7-12,14H2,1-2H3. The summed E-state index contributed by atoms with van der Waals surface area (Å²) in [5.41, 5.74) is 3.33. The number of piperidine rings is 1. The van der Waals surface area contributed by atoms with Gasteiger partial charge >= 0.3 is 0 Å². The predicted octanol–water partition coefficient (Wildman–Crippen LogP) is 3.09. The molecule has 0 spiro atoms. The van der Waals surface area contributed by atoms with Crippen LogP contribution < -0.4 is 0 Å². The van der Waals surface area contributed by atoms with E-state index in [0.29, 0.717) is 18.0 Å². The molecule has 2 fully saturated rings. The summed E-state index contributed by atoms with van der Waals surface area (Å²) in [5.74, 6) is 0.855. The van der Waals surface area contributed by atoms with Crippen molar-refractivity contribution in [2.45, 2.75) is 39.2 Å². The lowest BCUT2D eigenvalue weighted by Gasteiger charge is -2.29. The van der Waals surface area contributed by atoms with E-state index in [9.17, 15) is 13.2 Å². The lowest BCUT2D eigenvalue weighted by atomic mass is 9.99. The van der Waals surface area contributed by atoms with Crippen LogP contribution in [-0.4, -0.2) is 53.6 Å². The lowest BCUT2D eigenvalue weighted by Crippen LogP contribution is -2.38. The molecule has 0 N–H and O–H groups in total. The van der Waals surface area contributed by atoms with E-state index in [2.05, 4.69) is 12.0 Å². The van der Waals surface area contributed by atoms with Crippen molar-refractivity contribution in [3.05, 3.63) is 41.6 Å². The van der Waals surface area contributed by atoms with E-state index in [1.54, 1.807) is 4.68 Å². The topological polar surface area (TPSA) is 72.3 Å². The number of hydrogen-bond donors (Lipinski definition) is 0. The Hall–Kier alpha value is -2.15. The van der Waals surface area contributed by atoms with Gasteiger partial charge in [-0.05, 0) is 43.7 Å². The number of nitrogens with zero attached hydrogens (tertiary/aromatic N) is 3. The quantitative estimate of drug-likeness (QED) is 0.792. The van der Waals surface area contributed by atoms with Crippen molar-refractivity contribution in [3.63, 3.8) is 0 Å². The summed E-state index contributed by atoms with van der Waals surface area (Å²) in [6.07, 6.45) is 2.56. The normalized spacial score (nSPS) is 22.5. The van der Waals surface area contributed by atoms with Crippen LogP contribution in [0.2, 0.25) is 0 Å². The number of rotatable bonds is 3. The second-order valence-corrected chi connectivity index (χ2v) is 10.5. The predicted molar refractivity (Wildman–Crippen MR) is 109 cm³/mol. The largest absolute Gasteiger partial charge is 0.337 e. The van der Waals surface area contributed by atoms with Crippen LogP contribution >= 0.6 is 0 Å². The molecule has 1 aromatic heterocycles. The first-order valence-corrected chi connectivity index (χ1v) is 11.8. The Balaban J connectivity index is 1.69. The Kier molecular flexibility index (Phi) is 5.04. The van der Waals surface area contributed by atoms with Gasteiger partial charge in [-0.3, -0.25) is 9.48 Å². The van der Waals surface area contributed by atoms with Crippen LogP contribution in [0.25, 0.3) is 11.3 Å². The highest BCUT2D eigenvalue weighted by atomic mass is 32.2. The molecule has 2 aliphatic rings. The minimum atomic E-state index is -3.04. The van der Waals surface area contributed by atoms with Crippen LogP contribution in [0.15, 0.2) is 30.3 Å². The summed E-state index contributed by atoms with van der Waals surface area (Å²) in [7, 11) is -3.04. The van der Waals surface area contributed by atoms with E-state index in [1.807, 2.05) is 42.2 Å². The fourth-order valence-corrected chi connectivity index (χ4v) is 5.75. The third-order valence-electron chi connectivity index (χ3n) is 5.93. The van der Waals surface area contributed by atoms with Crippen LogP contribution in [0, 0.1) is 12.8 Å². The van der Waals surface area contributed by atoms with Gasteiger partial charge in [-0.1, -0.05) is 36.8 Å². The molecule has 0 aliphatic carbocycles. The minimum absolute atomic E-state index is 0.0557. The molecule has 2 aliphatic heterocycles. The number of sulfone groups is 1. The summed E-state index contributed by atoms with van der Waals surface area (Å²) in [6, 6.07) is 9.66. The Morgan fingerprint density at radius 1 is 1.11 bits per heavy atom. The highest BCUT2D eigenvalue weighted by Crippen LogP contribution is 2.31. The lowest BCUT2D eigenvalue weighted by molar-refractivity contribution is 0.0690. The van der Waals surface area contributed by atoms with Gasteiger partial charge in [0, 0.05) is 13.1 Å². The van der Waals surface area contributed by atoms with Gasteiger partial charge in [0.1, 0.15) is 0 Å². The van der Waals surface area contributed by atoms with Crippen LogP contribution in [0.5, 0.6) is 0 Å². The first kappa shape index (κ1) is 19.2. The molecular weight excluding hydrogens is 374 g/mol. The molecule has 1 amide bonds. The van der Waals surface area contributed by atoms with Crippen LogP contribution in [0.4, 0.5) is 0 Å². The number of benzene rings is 1. The molecule has 0 bridgehead atoms. The molecule has 1 atom stereocenters. The van der Waals surface area contributed by atoms with Crippen molar-refractivity contribution in [3.8, 4) is 11.3 Å². The van der Waals surface area contributed by atoms with Crippen molar-refractivity contribution in [1.82, 2.24) is 14.7 Å². The third kappa shape index (κ3) is 3.85. The highest BCUT2D eigenvalue weighted by Gasteiger charge is 2.33. The number of aryl methyl sites for hydroxylation is 1. The molecule has 2 saturated heterocycles. The van der Waals surface area contributed by atoms with E-state index >= 15 is 0 Å². The molecule has 4 rings (SSSR count). The van der Waals surface area contributed by atoms with E-state index in [1.165, 1.54) is 0 Å². The molecule has 1 unspecified atom stereocenters. The van der Waals surface area contributed by atoms with Crippen molar-refractivity contribution in [2.75, 3.05) is 24.6 Å². The smallest absolute Gasteiger partial charge is 0.274 e. The minimum Gasteiger partial charge on any atom is -0.337 e. The van der Waals surface area contributed by atoms with Gasteiger partial charge in [-0.15, -0.1) is 0 Å². The molecule has 0 saturated carbocycles. The number of carbonyl (C=O) groups excluding carboxylic acids is 1. The number of amides is 1. The van der Waals surface area contributed by atoms with E-state index in [0.717, 1.165) is 42.8 Å². The number of hydrogen-bond acceptors (Lipinski definition) is 4. The summed E-state index contributed by atoms with van der Waals surface area (Å²) in [6.45, 7) is 5.75. The summed E-state index contributed by atoms with van der Waals surface area (Å²) >= 11 is 0. The number of likely N-dealkylation sites (tertiary alicyclic amines) is 1. The van der Waals surface area contributed by atoms with Crippen molar-refractivity contribution in [2.24, 2.45) is 5.92 Å². The Morgan fingerprint density at radius 2 is 1.79 bits per heavy atom. The average Bonchev–Trinajstić information content (AvgIpc) is 3.26. The van der Waals surface area contributed by atoms with Crippen LogP contribution in [0.1, 0.15) is 48.3 Å². The van der Waals surface area contributed by atoms with E-state index < -0.39 is 9.84 Å². The SMILES string of the molecule is Cc1ccc(-c2cc(C(=O)N3CCC(C)CC3)nn2C2CCS(=O)(=O)C2)cc1. The van der Waals surface area contributed by atoms with Gasteiger partial charge in [-0.2, -0.15) is 5.10 Å². The molecule has 6 nitrogen and oxygen atoms in total. The maximum absolute atomic E-state index is 13.0. The van der Waals surface area contributed by atoms with E-state index in [-0.39, 0.29) is 23.5 Å². The summed E-state index contributed by atoms with van der Waals surface area (Å²) in [5, 5.41) is 4.61. The zero-order chi connectivity index (χ0) is 19.9. The molecule has 150 valence electrons. The number of aromatic nitrogens is 2. The maximum atomic E-state index is 13.0. The molecule has 0 radical (unpaired) electrons. The van der Waals surface area contributed by atoms with Gasteiger partial charge in [0.05, 0.1) is 23.2 Å². The number of carbonyl (C=O) groups is 1. The van der Waals surface area contributed by atoms with Gasteiger partial charge in [0.15, 0.2) is 15.5 Å². The molecule has 2 aromatic rings. The van der Waals surface area contributed by atoms with E-state index in [4.69, 9.17) is 0 Å². The molecule has 7 heteroatoms. The van der Waals surface area contributed by atoms with Crippen LogP contribution in [-0.2, 0) is 9.84 Å². The fraction of sp³-hybridized carbons (Fsp3) is 0.524. The average molecular weight is 402 g/mol. The Bertz CT molecular complexity index is 971. The van der Waals surface area contributed by atoms with Crippen molar-refractivity contribution in [1.29, 1.82) is 0 Å². The van der Waals surface area contributed by atoms with Crippen LogP contribution in [0.3, 0.4) is 0 Å².